The van der Waals surface area contributed by atoms with Crippen molar-refractivity contribution in [3.8, 4) is 0 Å². The summed E-state index contributed by atoms with van der Waals surface area (Å²) >= 11 is 0. The van der Waals surface area contributed by atoms with Crippen molar-refractivity contribution < 1.29 is 104 Å². The maximum Gasteiger partial charge on any atom is 0.186 e. The van der Waals surface area contributed by atoms with E-state index in [0.717, 1.165) is 64.2 Å². The van der Waals surface area contributed by atoms with Gasteiger partial charge in [-0.15, -0.1) is 0 Å². The molecule has 21 nitrogen and oxygen atoms in total. The summed E-state index contributed by atoms with van der Waals surface area (Å²) in [4.78, 5) is 0. The number of ether oxygens (including phenoxy) is 9. The van der Waals surface area contributed by atoms with Gasteiger partial charge in [0, 0.05) is 5.41 Å². The van der Waals surface area contributed by atoms with Crippen molar-refractivity contribution in [2.24, 2.45) is 46.3 Å². The molecule has 0 bridgehead atoms. The summed E-state index contributed by atoms with van der Waals surface area (Å²) < 4.78 is 54.7. The van der Waals surface area contributed by atoms with Crippen LogP contribution in [0.3, 0.4) is 0 Å². The van der Waals surface area contributed by atoms with Gasteiger partial charge in [-0.2, -0.15) is 0 Å². The van der Waals surface area contributed by atoms with Gasteiger partial charge in [0.2, 0.25) is 0 Å². The SMILES string of the molecule is CCCC[C@@H](C)[C@H]1CC[C@H]2[C@@H]3[C@H](OCCO[C@@H]4OC(CO)[C@@H](O)C(O)[C@@H]4O)C[C@@H]4C[C@H](OCCO[C@@H]5OC(CO)[C@@H](O)C(O)[C@@H]5O)CC[C@]4(C)[C@H]3C[C@H](OCCO[C@@H]3OC(CO)[C@@H](O)C(O)C3O)[C@]12C. The number of aliphatic hydroxyl groups is 12. The topological polar surface area (TPSA) is 326 Å². The summed E-state index contributed by atoms with van der Waals surface area (Å²) in [5, 5.41) is 123. The van der Waals surface area contributed by atoms with Crippen LogP contribution in [0.5, 0.6) is 0 Å². The van der Waals surface area contributed by atoms with E-state index < -0.39 is 112 Å². The number of aliphatic hydroxyl groups excluding tert-OH is 12. The van der Waals surface area contributed by atoms with Crippen molar-refractivity contribution in [3.63, 3.8) is 0 Å². The van der Waals surface area contributed by atoms with Gasteiger partial charge in [0.05, 0.1) is 77.8 Å². The summed E-state index contributed by atoms with van der Waals surface area (Å²) in [6, 6.07) is 0. The highest BCUT2D eigenvalue weighted by molar-refractivity contribution is 5.15. The minimum absolute atomic E-state index is 0.0114. The fourth-order valence-electron chi connectivity index (χ4n) is 14.1. The Hall–Kier alpha value is -0.840. The molecule has 21 heteroatoms. The van der Waals surface area contributed by atoms with Gasteiger partial charge >= 0.3 is 0 Å². The van der Waals surface area contributed by atoms with Crippen LogP contribution in [0, 0.1) is 46.3 Å². The van der Waals surface area contributed by atoms with Crippen LogP contribution >= 0.6 is 0 Å². The molecule has 4 saturated carbocycles. The molecule has 0 aromatic rings. The fourth-order valence-corrected chi connectivity index (χ4v) is 14.1. The predicted molar refractivity (Wildman–Crippen MR) is 243 cm³/mol. The average Bonchev–Trinajstić information content (AvgIpc) is 3.72. The lowest BCUT2D eigenvalue weighted by atomic mass is 9.43. The lowest BCUT2D eigenvalue weighted by Gasteiger charge is -2.64. The van der Waals surface area contributed by atoms with Gasteiger partial charge in [0.15, 0.2) is 18.9 Å². The van der Waals surface area contributed by atoms with Crippen LogP contribution in [0.4, 0.5) is 0 Å². The first kappa shape index (κ1) is 56.9. The standard InChI is InChI=1S/C49H86O21/c1-5-6-7-24(2)27-8-9-28-35-29(20-34(49(27,28)4)64-14-17-67-47-44(61)41(58)38(55)33(23-52)70-47)48(3)11-10-26(62-12-15-65-45-42(59)39(56)36(53)31(21-50)68-45)18-25(48)19-30(35)63-13-16-66-46-43(60)40(57)37(54)32(22-51)69-46/h24-47,50-61H,5-23H2,1-4H3/t24-,25+,26-,27-,28+,29+,30-,31?,32?,33?,34+,35+,36-,37-,38-,39?,40?,41?,42+,43+,44?,45-,46-,47-,48+,49-/m1/s1. The summed E-state index contributed by atoms with van der Waals surface area (Å²) in [7, 11) is 0. The maximum absolute atomic E-state index is 10.7. The Kier molecular flexibility index (Phi) is 20.2. The lowest BCUT2D eigenvalue weighted by molar-refractivity contribution is -0.305. The van der Waals surface area contributed by atoms with Crippen molar-refractivity contribution in [2.45, 2.75) is 202 Å². The highest BCUT2D eigenvalue weighted by Gasteiger charge is 2.67. The minimum atomic E-state index is -1.57. The van der Waals surface area contributed by atoms with Gasteiger partial charge in [-0.05, 0) is 85.9 Å². The van der Waals surface area contributed by atoms with E-state index in [1.807, 2.05) is 0 Å². The zero-order valence-corrected chi connectivity index (χ0v) is 41.3. The fraction of sp³-hybridized carbons (Fsp3) is 1.00. The molecule has 0 aromatic heterocycles. The van der Waals surface area contributed by atoms with Crippen molar-refractivity contribution in [1.29, 1.82) is 0 Å². The normalized spacial score (nSPS) is 48.9. The predicted octanol–water partition coefficient (Wildman–Crippen LogP) is -1.70. The first-order chi connectivity index (χ1) is 33.4. The molecule has 0 aromatic carbocycles. The molecule has 70 heavy (non-hydrogen) atoms. The molecular weight excluding hydrogens is 925 g/mol. The number of hydrogen-bond donors (Lipinski definition) is 12. The largest absolute Gasteiger partial charge is 0.394 e. The quantitative estimate of drug-likeness (QED) is 0.0538. The molecule has 408 valence electrons. The van der Waals surface area contributed by atoms with Crippen molar-refractivity contribution in [3.05, 3.63) is 0 Å². The first-order valence-corrected chi connectivity index (χ1v) is 26.1. The summed E-state index contributed by atoms with van der Waals surface area (Å²) in [6.07, 6.45) is -12.2. The third kappa shape index (κ3) is 11.6. The van der Waals surface area contributed by atoms with Crippen molar-refractivity contribution in [2.75, 3.05) is 59.5 Å². The second kappa shape index (κ2) is 24.9. The van der Waals surface area contributed by atoms with Crippen LogP contribution in [0.2, 0.25) is 0 Å². The smallest absolute Gasteiger partial charge is 0.186 e. The first-order valence-electron chi connectivity index (χ1n) is 26.1. The molecule has 0 amide bonds. The highest BCUT2D eigenvalue weighted by Crippen LogP contribution is 2.69. The second-order valence-corrected chi connectivity index (χ2v) is 21.9. The van der Waals surface area contributed by atoms with E-state index in [1.54, 1.807) is 0 Å². The number of unbranched alkanes of at least 4 members (excludes halogenated alkanes) is 1. The van der Waals surface area contributed by atoms with E-state index in [0.29, 0.717) is 11.8 Å². The Morgan fingerprint density at radius 1 is 0.529 bits per heavy atom. The van der Waals surface area contributed by atoms with Gasteiger partial charge in [-0.1, -0.05) is 47.0 Å². The van der Waals surface area contributed by atoms with Crippen LogP contribution in [-0.4, -0.2) is 231 Å². The molecule has 7 rings (SSSR count). The molecule has 7 unspecified atom stereocenters. The van der Waals surface area contributed by atoms with E-state index in [-0.39, 0.29) is 92.5 Å². The zero-order valence-electron chi connectivity index (χ0n) is 41.3. The van der Waals surface area contributed by atoms with Gasteiger partial charge in [-0.3, -0.25) is 0 Å². The zero-order chi connectivity index (χ0) is 50.7. The molecule has 3 aliphatic heterocycles. The highest BCUT2D eigenvalue weighted by atomic mass is 16.7. The summed E-state index contributed by atoms with van der Waals surface area (Å²) in [5.74, 6) is 1.48. The number of fused-ring (bicyclic) bond motifs is 5. The summed E-state index contributed by atoms with van der Waals surface area (Å²) in [6.45, 7) is 8.22. The van der Waals surface area contributed by atoms with Crippen molar-refractivity contribution >= 4 is 0 Å². The molecule has 3 heterocycles. The van der Waals surface area contributed by atoms with Crippen LogP contribution in [0.15, 0.2) is 0 Å². The van der Waals surface area contributed by atoms with Crippen LogP contribution in [0.25, 0.3) is 0 Å². The Morgan fingerprint density at radius 2 is 1.00 bits per heavy atom. The van der Waals surface area contributed by atoms with E-state index in [2.05, 4.69) is 27.7 Å². The number of rotatable bonds is 22. The van der Waals surface area contributed by atoms with E-state index in [4.69, 9.17) is 42.6 Å². The van der Waals surface area contributed by atoms with Gasteiger partial charge in [-0.25, -0.2) is 0 Å². The van der Waals surface area contributed by atoms with Crippen LogP contribution in [0.1, 0.15) is 91.9 Å². The van der Waals surface area contributed by atoms with E-state index >= 15 is 0 Å². The van der Waals surface area contributed by atoms with Gasteiger partial charge in [0.25, 0.3) is 0 Å². The molecule has 12 N–H and O–H groups in total. The molecule has 3 saturated heterocycles. The van der Waals surface area contributed by atoms with Gasteiger partial charge < -0.3 is 104 Å². The Labute approximate surface area is 411 Å². The molecule has 0 radical (unpaired) electrons. The molecule has 4 aliphatic carbocycles. The summed E-state index contributed by atoms with van der Waals surface area (Å²) in [5.41, 5.74) is -0.387. The minimum Gasteiger partial charge on any atom is -0.394 e. The molecule has 0 spiro atoms. The lowest BCUT2D eigenvalue weighted by Crippen LogP contribution is -2.63. The second-order valence-electron chi connectivity index (χ2n) is 21.9. The molecule has 26 atom stereocenters. The molecular formula is C49H86O21. The average molecular weight is 1010 g/mol. The molecule has 7 aliphatic rings. The Bertz CT molecular complexity index is 1580. The van der Waals surface area contributed by atoms with E-state index in [1.165, 1.54) is 0 Å². The monoisotopic (exact) mass is 1010 g/mol. The number of hydrogen-bond acceptors (Lipinski definition) is 21. The third-order valence-electron chi connectivity index (χ3n) is 18.1. The third-order valence-corrected chi connectivity index (χ3v) is 18.1. The van der Waals surface area contributed by atoms with Gasteiger partial charge in [0.1, 0.15) is 73.2 Å². The van der Waals surface area contributed by atoms with Crippen molar-refractivity contribution in [1.82, 2.24) is 0 Å². The maximum atomic E-state index is 10.7. The van der Waals surface area contributed by atoms with Crippen LogP contribution in [-0.2, 0) is 42.6 Å². The Balaban J connectivity index is 1.08. The molecule has 7 fully saturated rings. The van der Waals surface area contributed by atoms with Crippen LogP contribution < -0.4 is 0 Å². The van der Waals surface area contributed by atoms with E-state index in [9.17, 15) is 61.3 Å². The Morgan fingerprint density at radius 3 is 1.49 bits per heavy atom.